The summed E-state index contributed by atoms with van der Waals surface area (Å²) in [6.07, 6.45) is 3.09. The van der Waals surface area contributed by atoms with E-state index in [1.54, 1.807) is 6.92 Å². The van der Waals surface area contributed by atoms with Crippen molar-refractivity contribution in [1.29, 1.82) is 0 Å². The number of hydrogen-bond acceptors (Lipinski definition) is 2. The van der Waals surface area contributed by atoms with Crippen LogP contribution in [-0.2, 0) is 16.0 Å². The molecule has 0 aromatic carbocycles. The van der Waals surface area contributed by atoms with Crippen molar-refractivity contribution >= 4 is 11.8 Å². The summed E-state index contributed by atoms with van der Waals surface area (Å²) in [7, 11) is 0. The van der Waals surface area contributed by atoms with Crippen molar-refractivity contribution in [2.24, 2.45) is 0 Å². The largest absolute Gasteiger partial charge is 0.365 e. The van der Waals surface area contributed by atoms with E-state index in [9.17, 15) is 9.59 Å². The van der Waals surface area contributed by atoms with Gasteiger partial charge in [0, 0.05) is 45.0 Å². The van der Waals surface area contributed by atoms with E-state index >= 15 is 0 Å². The van der Waals surface area contributed by atoms with E-state index in [0.717, 1.165) is 25.2 Å². The van der Waals surface area contributed by atoms with Gasteiger partial charge in [-0.05, 0) is 18.6 Å². The zero-order valence-electron chi connectivity index (χ0n) is 10.7. The highest BCUT2D eigenvalue weighted by Crippen LogP contribution is 2.06. The Kier molecular flexibility index (Phi) is 4.02. The van der Waals surface area contributed by atoms with E-state index in [2.05, 4.69) is 4.98 Å². The first-order chi connectivity index (χ1) is 8.66. The highest BCUT2D eigenvalue weighted by atomic mass is 16.2. The van der Waals surface area contributed by atoms with E-state index in [1.165, 1.54) is 0 Å². The molecule has 1 aliphatic rings. The third-order valence-electron chi connectivity index (χ3n) is 3.30. The van der Waals surface area contributed by atoms with Crippen LogP contribution in [0.15, 0.2) is 18.3 Å². The lowest BCUT2D eigenvalue weighted by Crippen LogP contribution is -2.37. The number of amides is 2. The lowest BCUT2D eigenvalue weighted by atomic mass is 10.2. The van der Waals surface area contributed by atoms with Crippen molar-refractivity contribution in [2.45, 2.75) is 19.8 Å². The Balaban J connectivity index is 1.89. The van der Waals surface area contributed by atoms with E-state index in [-0.39, 0.29) is 11.8 Å². The fourth-order valence-electron chi connectivity index (χ4n) is 2.23. The average molecular weight is 249 g/mol. The Hall–Kier alpha value is -1.78. The van der Waals surface area contributed by atoms with Crippen LogP contribution < -0.4 is 0 Å². The molecule has 2 heterocycles. The predicted octanol–water partition coefficient (Wildman–Crippen LogP) is 0.638. The van der Waals surface area contributed by atoms with Gasteiger partial charge in [0.2, 0.25) is 11.8 Å². The Morgan fingerprint density at radius 3 is 2.61 bits per heavy atom. The van der Waals surface area contributed by atoms with Crippen molar-refractivity contribution < 1.29 is 9.59 Å². The number of hydrogen-bond donors (Lipinski definition) is 1. The van der Waals surface area contributed by atoms with Gasteiger partial charge in [-0.15, -0.1) is 0 Å². The number of nitrogens with one attached hydrogen (secondary N) is 1. The number of aromatic amines is 1. The van der Waals surface area contributed by atoms with Crippen LogP contribution in [0, 0.1) is 0 Å². The van der Waals surface area contributed by atoms with Gasteiger partial charge in [0.25, 0.3) is 0 Å². The maximum absolute atomic E-state index is 12.1. The summed E-state index contributed by atoms with van der Waals surface area (Å²) < 4.78 is 0. The van der Waals surface area contributed by atoms with Crippen LogP contribution >= 0.6 is 0 Å². The van der Waals surface area contributed by atoms with Crippen LogP contribution in [0.1, 0.15) is 19.0 Å². The van der Waals surface area contributed by atoms with Crippen LogP contribution in [0.25, 0.3) is 0 Å². The monoisotopic (exact) mass is 249 g/mol. The molecular weight excluding hydrogens is 230 g/mol. The van der Waals surface area contributed by atoms with E-state index in [1.807, 2.05) is 28.1 Å². The lowest BCUT2D eigenvalue weighted by molar-refractivity contribution is -0.132. The predicted molar refractivity (Wildman–Crippen MR) is 67.9 cm³/mol. The van der Waals surface area contributed by atoms with E-state index < -0.39 is 0 Å². The minimum absolute atomic E-state index is 0.0914. The molecule has 1 aliphatic heterocycles. The summed E-state index contributed by atoms with van der Waals surface area (Å²) in [6.45, 7) is 4.35. The molecule has 0 spiro atoms. The van der Waals surface area contributed by atoms with Crippen molar-refractivity contribution in [3.8, 4) is 0 Å². The van der Waals surface area contributed by atoms with Gasteiger partial charge in [-0.2, -0.15) is 0 Å². The van der Waals surface area contributed by atoms with Crippen molar-refractivity contribution in [3.05, 3.63) is 24.0 Å². The van der Waals surface area contributed by atoms with Crippen molar-refractivity contribution in [2.75, 3.05) is 26.2 Å². The molecule has 2 amide bonds. The molecule has 0 radical (unpaired) electrons. The topological polar surface area (TPSA) is 56.4 Å². The molecule has 98 valence electrons. The molecule has 1 saturated heterocycles. The van der Waals surface area contributed by atoms with Gasteiger partial charge in [-0.25, -0.2) is 0 Å². The first kappa shape index (κ1) is 12.7. The van der Waals surface area contributed by atoms with Gasteiger partial charge in [0.05, 0.1) is 6.42 Å². The minimum Gasteiger partial charge on any atom is -0.365 e. The summed E-state index contributed by atoms with van der Waals surface area (Å²) in [6, 6.07) is 3.81. The van der Waals surface area contributed by atoms with Crippen LogP contribution in [-0.4, -0.2) is 52.8 Å². The van der Waals surface area contributed by atoms with Gasteiger partial charge < -0.3 is 14.8 Å². The number of nitrogens with zero attached hydrogens (tertiary/aromatic N) is 2. The van der Waals surface area contributed by atoms with Gasteiger partial charge >= 0.3 is 0 Å². The Morgan fingerprint density at radius 2 is 1.94 bits per heavy atom. The maximum atomic E-state index is 12.1. The van der Waals surface area contributed by atoms with Crippen molar-refractivity contribution in [3.63, 3.8) is 0 Å². The molecule has 0 bridgehead atoms. The van der Waals surface area contributed by atoms with E-state index in [0.29, 0.717) is 19.5 Å². The SMILES string of the molecule is CC(=O)N1CCCN(C(=O)Cc2ccc[nH]2)CC1. The molecule has 1 fully saturated rings. The molecule has 0 atom stereocenters. The van der Waals surface area contributed by atoms with Crippen LogP contribution in [0.5, 0.6) is 0 Å². The smallest absolute Gasteiger partial charge is 0.228 e. The fraction of sp³-hybridized carbons (Fsp3) is 0.538. The maximum Gasteiger partial charge on any atom is 0.228 e. The number of rotatable bonds is 2. The second-order valence-corrected chi connectivity index (χ2v) is 4.61. The van der Waals surface area contributed by atoms with Crippen molar-refractivity contribution in [1.82, 2.24) is 14.8 Å². The molecule has 5 nitrogen and oxygen atoms in total. The summed E-state index contributed by atoms with van der Waals surface area (Å²) in [4.78, 5) is 30.1. The molecule has 1 aromatic heterocycles. The molecule has 1 N–H and O–H groups in total. The molecule has 5 heteroatoms. The zero-order chi connectivity index (χ0) is 13.0. The second kappa shape index (κ2) is 5.71. The third-order valence-corrected chi connectivity index (χ3v) is 3.30. The lowest BCUT2D eigenvalue weighted by Gasteiger charge is -2.21. The van der Waals surface area contributed by atoms with Gasteiger partial charge in [-0.3, -0.25) is 9.59 Å². The molecule has 0 saturated carbocycles. The average Bonchev–Trinajstić information content (AvgIpc) is 2.70. The Morgan fingerprint density at radius 1 is 1.22 bits per heavy atom. The molecular formula is C13H19N3O2. The van der Waals surface area contributed by atoms with E-state index in [4.69, 9.17) is 0 Å². The van der Waals surface area contributed by atoms with Gasteiger partial charge in [0.15, 0.2) is 0 Å². The fourth-order valence-corrected chi connectivity index (χ4v) is 2.23. The summed E-state index contributed by atoms with van der Waals surface area (Å²) in [5.41, 5.74) is 0.938. The number of carbonyl (C=O) groups is 2. The number of H-pyrrole nitrogens is 1. The number of carbonyl (C=O) groups excluding carboxylic acids is 2. The molecule has 2 rings (SSSR count). The normalized spacial score (nSPS) is 16.5. The second-order valence-electron chi connectivity index (χ2n) is 4.61. The third kappa shape index (κ3) is 3.12. The quantitative estimate of drug-likeness (QED) is 0.836. The summed E-state index contributed by atoms with van der Waals surface area (Å²) in [5.74, 6) is 0.219. The minimum atomic E-state index is 0.0914. The summed E-state index contributed by atoms with van der Waals surface area (Å²) >= 11 is 0. The Bertz CT molecular complexity index is 414. The standard InChI is InChI=1S/C13H19N3O2/c1-11(17)15-6-3-7-16(9-8-15)13(18)10-12-4-2-5-14-12/h2,4-5,14H,3,6-10H2,1H3. The first-order valence-electron chi connectivity index (χ1n) is 6.32. The molecule has 18 heavy (non-hydrogen) atoms. The molecule has 0 unspecified atom stereocenters. The highest BCUT2D eigenvalue weighted by molar-refractivity contribution is 5.78. The summed E-state index contributed by atoms with van der Waals surface area (Å²) in [5, 5.41) is 0. The molecule has 0 aliphatic carbocycles. The highest BCUT2D eigenvalue weighted by Gasteiger charge is 2.20. The first-order valence-corrected chi connectivity index (χ1v) is 6.32. The van der Waals surface area contributed by atoms with Crippen LogP contribution in [0.4, 0.5) is 0 Å². The van der Waals surface area contributed by atoms with Crippen LogP contribution in [0.2, 0.25) is 0 Å². The number of aromatic nitrogens is 1. The Labute approximate surface area is 107 Å². The van der Waals surface area contributed by atoms with Gasteiger partial charge in [-0.1, -0.05) is 0 Å². The van der Waals surface area contributed by atoms with Crippen LogP contribution in [0.3, 0.4) is 0 Å². The molecule has 1 aromatic rings. The zero-order valence-corrected chi connectivity index (χ0v) is 10.7. The van der Waals surface area contributed by atoms with Gasteiger partial charge in [0.1, 0.15) is 0 Å².